The van der Waals surface area contributed by atoms with Gasteiger partial charge in [0.05, 0.1) is 16.9 Å². The molecule has 0 unspecified atom stereocenters. The van der Waals surface area contributed by atoms with Crippen LogP contribution in [0.25, 0.3) is 0 Å². The number of nitrogens with two attached hydrogens (primary N) is 1. The Hall–Kier alpha value is -3.00. The van der Waals surface area contributed by atoms with Crippen molar-refractivity contribution in [1.82, 2.24) is 9.88 Å². The fourth-order valence-corrected chi connectivity index (χ4v) is 2.96. The van der Waals surface area contributed by atoms with Gasteiger partial charge in [0.15, 0.2) is 5.75 Å². The lowest BCUT2D eigenvalue weighted by Gasteiger charge is -2.19. The van der Waals surface area contributed by atoms with E-state index < -0.39 is 6.03 Å². The first-order valence-electron chi connectivity index (χ1n) is 8.62. The van der Waals surface area contributed by atoms with E-state index in [4.69, 9.17) is 10.5 Å². The topological polar surface area (TPSA) is 112 Å². The number of H-pyrrole nitrogens is 1. The number of primary amides is 1. The number of aromatic nitrogens is 1. The summed E-state index contributed by atoms with van der Waals surface area (Å²) in [4.78, 5) is 28.8. The molecule has 0 saturated carbocycles. The second-order valence-electron chi connectivity index (χ2n) is 6.12. The summed E-state index contributed by atoms with van der Waals surface area (Å²) < 4.78 is 5.91. The van der Waals surface area contributed by atoms with Crippen LogP contribution >= 0.6 is 0 Å². The Morgan fingerprint density at radius 3 is 2.54 bits per heavy atom. The SMILES string of the molecule is NC(=O)Nc1cccc(NC(=O)c2cc[nH]c2)c1OCCN1CCCC1. The quantitative estimate of drug-likeness (QED) is 0.608. The summed E-state index contributed by atoms with van der Waals surface area (Å²) in [5, 5.41) is 5.36. The highest BCUT2D eigenvalue weighted by Gasteiger charge is 2.16. The number of carbonyl (C=O) groups excluding carboxylic acids is 2. The molecule has 3 rings (SSSR count). The Morgan fingerprint density at radius 1 is 1.15 bits per heavy atom. The molecule has 2 aromatic rings. The van der Waals surface area contributed by atoms with Crippen LogP contribution in [-0.2, 0) is 0 Å². The van der Waals surface area contributed by atoms with Gasteiger partial charge in [-0.05, 0) is 44.1 Å². The lowest BCUT2D eigenvalue weighted by Crippen LogP contribution is -2.26. The molecule has 0 bridgehead atoms. The van der Waals surface area contributed by atoms with Gasteiger partial charge in [-0.25, -0.2) is 4.79 Å². The second kappa shape index (κ2) is 8.39. The van der Waals surface area contributed by atoms with E-state index in [9.17, 15) is 9.59 Å². The van der Waals surface area contributed by atoms with E-state index in [1.54, 1.807) is 36.7 Å². The lowest BCUT2D eigenvalue weighted by atomic mass is 10.2. The number of urea groups is 1. The van der Waals surface area contributed by atoms with Gasteiger partial charge in [0.25, 0.3) is 5.91 Å². The first-order chi connectivity index (χ1) is 12.6. The van der Waals surface area contributed by atoms with E-state index in [2.05, 4.69) is 20.5 Å². The van der Waals surface area contributed by atoms with Gasteiger partial charge in [-0.3, -0.25) is 9.69 Å². The fraction of sp³-hybridized carbons (Fsp3) is 0.333. The van der Waals surface area contributed by atoms with E-state index in [0.717, 1.165) is 19.6 Å². The van der Waals surface area contributed by atoms with Crippen LogP contribution in [0.4, 0.5) is 16.2 Å². The maximum absolute atomic E-state index is 12.3. The molecule has 26 heavy (non-hydrogen) atoms. The minimum Gasteiger partial charge on any atom is -0.488 e. The van der Waals surface area contributed by atoms with Crippen molar-refractivity contribution >= 4 is 23.3 Å². The standard InChI is InChI=1S/C18H23N5O3/c19-18(25)22-15-5-3-4-14(21-17(24)13-6-7-20-12-13)16(15)26-11-10-23-8-1-2-9-23/h3-7,12,20H,1-2,8-11H2,(H,21,24)(H3,19,22,25). The number of anilines is 2. The van der Waals surface area contributed by atoms with Crippen LogP contribution < -0.4 is 21.1 Å². The number of hydrogen-bond acceptors (Lipinski definition) is 4. The van der Waals surface area contributed by atoms with Gasteiger partial charge < -0.3 is 26.1 Å². The Bertz CT molecular complexity index is 754. The zero-order valence-electron chi connectivity index (χ0n) is 14.5. The molecule has 0 radical (unpaired) electrons. The molecule has 1 aromatic carbocycles. The third kappa shape index (κ3) is 4.54. The molecule has 0 spiro atoms. The van der Waals surface area contributed by atoms with Gasteiger partial charge >= 0.3 is 6.03 Å². The Morgan fingerprint density at radius 2 is 1.88 bits per heavy atom. The van der Waals surface area contributed by atoms with Gasteiger partial charge in [0.1, 0.15) is 6.61 Å². The average Bonchev–Trinajstić information content (AvgIpc) is 3.29. The molecule has 1 aliphatic heterocycles. The van der Waals surface area contributed by atoms with E-state index in [-0.39, 0.29) is 5.91 Å². The Labute approximate surface area is 151 Å². The van der Waals surface area contributed by atoms with E-state index >= 15 is 0 Å². The summed E-state index contributed by atoms with van der Waals surface area (Å²) in [6.07, 6.45) is 5.69. The monoisotopic (exact) mass is 357 g/mol. The van der Waals surface area contributed by atoms with Crippen molar-refractivity contribution in [1.29, 1.82) is 0 Å². The molecule has 8 nitrogen and oxygen atoms in total. The fourth-order valence-electron chi connectivity index (χ4n) is 2.96. The predicted molar refractivity (Wildman–Crippen MR) is 99.6 cm³/mol. The van der Waals surface area contributed by atoms with Crippen molar-refractivity contribution in [3.8, 4) is 5.75 Å². The van der Waals surface area contributed by atoms with Crippen LogP contribution in [0.15, 0.2) is 36.7 Å². The number of hydrogen-bond donors (Lipinski definition) is 4. The molecule has 1 saturated heterocycles. The summed E-state index contributed by atoms with van der Waals surface area (Å²) in [6.45, 7) is 3.38. The van der Waals surface area contributed by atoms with Crippen LogP contribution in [-0.4, -0.2) is 48.1 Å². The Balaban J connectivity index is 1.75. The number of para-hydroxylation sites is 1. The number of likely N-dealkylation sites (tertiary alicyclic amines) is 1. The molecular weight excluding hydrogens is 334 g/mol. The molecule has 8 heteroatoms. The maximum atomic E-state index is 12.3. The van der Waals surface area contributed by atoms with Gasteiger partial charge in [0, 0.05) is 18.9 Å². The lowest BCUT2D eigenvalue weighted by molar-refractivity contribution is 0.102. The highest BCUT2D eigenvalue weighted by Crippen LogP contribution is 2.33. The molecule has 1 fully saturated rings. The zero-order chi connectivity index (χ0) is 18.4. The number of amides is 3. The molecule has 1 aromatic heterocycles. The number of benzene rings is 1. The summed E-state index contributed by atoms with van der Waals surface area (Å²) in [5.74, 6) is 0.126. The van der Waals surface area contributed by atoms with Crippen LogP contribution in [0.2, 0.25) is 0 Å². The highest BCUT2D eigenvalue weighted by atomic mass is 16.5. The molecule has 2 heterocycles. The van der Waals surface area contributed by atoms with Crippen molar-refractivity contribution in [2.75, 3.05) is 36.9 Å². The molecule has 0 aliphatic carbocycles. The van der Waals surface area contributed by atoms with Crippen molar-refractivity contribution in [3.63, 3.8) is 0 Å². The van der Waals surface area contributed by atoms with Crippen molar-refractivity contribution < 1.29 is 14.3 Å². The van der Waals surface area contributed by atoms with Crippen LogP contribution in [0.1, 0.15) is 23.2 Å². The van der Waals surface area contributed by atoms with Crippen molar-refractivity contribution in [2.24, 2.45) is 5.73 Å². The summed E-state index contributed by atoms with van der Waals surface area (Å²) in [5.41, 5.74) is 6.64. The smallest absolute Gasteiger partial charge is 0.316 e. The third-order valence-electron chi connectivity index (χ3n) is 4.23. The number of nitrogens with one attached hydrogen (secondary N) is 3. The minimum atomic E-state index is -0.691. The first kappa shape index (κ1) is 17.8. The predicted octanol–water partition coefficient (Wildman–Crippen LogP) is 2.23. The summed E-state index contributed by atoms with van der Waals surface area (Å²) in [7, 11) is 0. The molecule has 0 atom stereocenters. The number of aromatic amines is 1. The van der Waals surface area contributed by atoms with Gasteiger partial charge in [-0.2, -0.15) is 0 Å². The Kier molecular flexibility index (Phi) is 5.75. The average molecular weight is 357 g/mol. The van der Waals surface area contributed by atoms with Gasteiger partial charge in [-0.15, -0.1) is 0 Å². The normalized spacial score (nSPS) is 14.2. The maximum Gasteiger partial charge on any atom is 0.316 e. The van der Waals surface area contributed by atoms with E-state index in [1.807, 2.05) is 0 Å². The van der Waals surface area contributed by atoms with Crippen LogP contribution in [0.3, 0.4) is 0 Å². The zero-order valence-corrected chi connectivity index (χ0v) is 14.5. The van der Waals surface area contributed by atoms with Crippen LogP contribution in [0.5, 0.6) is 5.75 Å². The molecular formula is C18H23N5O3. The van der Waals surface area contributed by atoms with Gasteiger partial charge in [0.2, 0.25) is 0 Å². The molecule has 5 N–H and O–H groups in total. The summed E-state index contributed by atoms with van der Waals surface area (Å²) in [6, 6.07) is 6.10. The molecule has 138 valence electrons. The highest BCUT2D eigenvalue weighted by molar-refractivity contribution is 6.05. The van der Waals surface area contributed by atoms with Crippen molar-refractivity contribution in [2.45, 2.75) is 12.8 Å². The van der Waals surface area contributed by atoms with Crippen LogP contribution in [0, 0.1) is 0 Å². The third-order valence-corrected chi connectivity index (χ3v) is 4.23. The number of rotatable bonds is 7. The molecule has 3 amide bonds. The van der Waals surface area contributed by atoms with Crippen molar-refractivity contribution in [3.05, 3.63) is 42.2 Å². The largest absolute Gasteiger partial charge is 0.488 e. The van der Waals surface area contributed by atoms with Gasteiger partial charge in [-0.1, -0.05) is 6.07 Å². The molecule has 1 aliphatic rings. The number of carbonyl (C=O) groups is 2. The minimum absolute atomic E-state index is 0.271. The van der Waals surface area contributed by atoms with E-state index in [0.29, 0.717) is 29.3 Å². The first-order valence-corrected chi connectivity index (χ1v) is 8.62. The van der Waals surface area contributed by atoms with E-state index in [1.165, 1.54) is 12.8 Å². The summed E-state index contributed by atoms with van der Waals surface area (Å²) >= 11 is 0. The number of nitrogens with zero attached hydrogens (tertiary/aromatic N) is 1. The second-order valence-corrected chi connectivity index (χ2v) is 6.12. The number of ether oxygens (including phenoxy) is 1.